The lowest BCUT2D eigenvalue weighted by Gasteiger charge is -2.41. The van der Waals surface area contributed by atoms with Crippen molar-refractivity contribution in [2.75, 3.05) is 32.7 Å². The fourth-order valence-electron chi connectivity index (χ4n) is 3.19. The Labute approximate surface area is 154 Å². The van der Waals surface area contributed by atoms with Gasteiger partial charge in [-0.1, -0.05) is 0 Å². The van der Waals surface area contributed by atoms with E-state index >= 15 is 0 Å². The number of ether oxygens (including phenoxy) is 1. The lowest BCUT2D eigenvalue weighted by Crippen LogP contribution is -2.57. The lowest BCUT2D eigenvalue weighted by molar-refractivity contribution is -0.135. The maximum absolute atomic E-state index is 12.7. The first-order chi connectivity index (χ1) is 11.6. The van der Waals surface area contributed by atoms with Crippen LogP contribution in [-0.2, 0) is 4.79 Å². The fraction of sp³-hybridized carbons (Fsp3) is 0.600. The van der Waals surface area contributed by atoms with Gasteiger partial charge in [-0.3, -0.25) is 9.59 Å². The van der Waals surface area contributed by atoms with E-state index in [1.165, 1.54) is 6.07 Å². The number of thiophene rings is 1. The molecule has 1 aromatic rings. The van der Waals surface area contributed by atoms with E-state index in [0.717, 1.165) is 30.7 Å². The number of alkyl halides is 2. The highest BCUT2D eigenvalue weighted by atomic mass is 35.5. The molecule has 3 rings (SSSR count). The molecule has 1 N–H and O–H groups in total. The van der Waals surface area contributed by atoms with Crippen molar-refractivity contribution in [3.05, 3.63) is 16.3 Å². The molecule has 1 aromatic heterocycles. The largest absolute Gasteiger partial charge is 0.433 e. The Balaban J connectivity index is 0.00000225. The molecule has 0 aromatic carbocycles. The summed E-state index contributed by atoms with van der Waals surface area (Å²) in [6.07, 6.45) is 1.63. The summed E-state index contributed by atoms with van der Waals surface area (Å²) in [5.74, 6) is -0.355. The van der Waals surface area contributed by atoms with Crippen molar-refractivity contribution in [2.45, 2.75) is 25.5 Å². The SMILES string of the molecule is Cl.O=C(c1sccc1OC(F)F)N1CCCC(N2CCNCC2=O)C1. The first kappa shape index (κ1) is 19.9. The van der Waals surface area contributed by atoms with Crippen LogP contribution in [0.15, 0.2) is 11.4 Å². The summed E-state index contributed by atoms with van der Waals surface area (Å²) >= 11 is 1.09. The molecule has 1 unspecified atom stereocenters. The fourth-order valence-corrected chi connectivity index (χ4v) is 3.98. The molecule has 2 aliphatic heterocycles. The number of carbonyl (C=O) groups is 2. The molecule has 0 bridgehead atoms. The van der Waals surface area contributed by atoms with E-state index in [4.69, 9.17) is 0 Å². The minimum atomic E-state index is -2.96. The van der Waals surface area contributed by atoms with Crippen molar-refractivity contribution in [1.82, 2.24) is 15.1 Å². The number of hydrogen-bond donors (Lipinski definition) is 1. The molecule has 2 saturated heterocycles. The highest BCUT2D eigenvalue weighted by molar-refractivity contribution is 7.12. The number of likely N-dealkylation sites (tertiary alicyclic amines) is 1. The van der Waals surface area contributed by atoms with Gasteiger partial charge in [0.2, 0.25) is 5.91 Å². The van der Waals surface area contributed by atoms with Crippen LogP contribution in [0.2, 0.25) is 0 Å². The molecule has 10 heteroatoms. The van der Waals surface area contributed by atoms with Crippen molar-refractivity contribution < 1.29 is 23.1 Å². The third-order valence-electron chi connectivity index (χ3n) is 4.29. The normalized spacial score (nSPS) is 21.2. The van der Waals surface area contributed by atoms with Gasteiger partial charge >= 0.3 is 6.61 Å². The van der Waals surface area contributed by atoms with E-state index in [1.54, 1.807) is 10.3 Å². The molecule has 0 saturated carbocycles. The average molecular weight is 396 g/mol. The predicted octanol–water partition coefficient (Wildman–Crippen LogP) is 1.81. The Morgan fingerprint density at radius 3 is 2.92 bits per heavy atom. The molecule has 0 spiro atoms. The summed E-state index contributed by atoms with van der Waals surface area (Å²) in [5.41, 5.74) is 0. The van der Waals surface area contributed by atoms with Crippen LogP contribution in [0.4, 0.5) is 8.78 Å². The smallest absolute Gasteiger partial charge is 0.387 e. The second-order valence-electron chi connectivity index (χ2n) is 5.80. The maximum Gasteiger partial charge on any atom is 0.387 e. The summed E-state index contributed by atoms with van der Waals surface area (Å²) < 4.78 is 29.3. The standard InChI is InChI=1S/C15H19F2N3O3S.ClH/c16-15(17)23-11-3-7-24-13(11)14(22)19-5-1-2-10(9-19)20-6-4-18-8-12(20)21;/h3,7,10,15,18H,1-2,4-6,8-9H2;1H. The van der Waals surface area contributed by atoms with E-state index in [0.29, 0.717) is 26.2 Å². The quantitative estimate of drug-likeness (QED) is 0.844. The topological polar surface area (TPSA) is 61.9 Å². The van der Waals surface area contributed by atoms with E-state index < -0.39 is 6.61 Å². The lowest BCUT2D eigenvalue weighted by atomic mass is 10.0. The van der Waals surface area contributed by atoms with E-state index in [1.807, 2.05) is 4.90 Å². The van der Waals surface area contributed by atoms with Gasteiger partial charge in [0.05, 0.1) is 6.54 Å². The van der Waals surface area contributed by atoms with E-state index in [-0.39, 0.29) is 40.9 Å². The zero-order valence-electron chi connectivity index (χ0n) is 13.5. The second-order valence-corrected chi connectivity index (χ2v) is 6.72. The number of hydrogen-bond acceptors (Lipinski definition) is 5. The summed E-state index contributed by atoms with van der Waals surface area (Å²) in [7, 11) is 0. The molecule has 2 aliphatic rings. The first-order valence-electron chi connectivity index (χ1n) is 7.88. The summed E-state index contributed by atoms with van der Waals surface area (Å²) in [6.45, 7) is -0.281. The van der Waals surface area contributed by atoms with Gasteiger partial charge in [0.1, 0.15) is 10.6 Å². The number of piperidine rings is 1. The Morgan fingerprint density at radius 1 is 1.40 bits per heavy atom. The van der Waals surface area contributed by atoms with Gasteiger partial charge in [-0.2, -0.15) is 8.78 Å². The Kier molecular flexibility index (Phi) is 6.97. The number of amides is 2. The van der Waals surface area contributed by atoms with Crippen LogP contribution in [0.5, 0.6) is 5.75 Å². The molecule has 2 fully saturated rings. The van der Waals surface area contributed by atoms with E-state index in [9.17, 15) is 18.4 Å². The van der Waals surface area contributed by atoms with Gasteiger partial charge in [-0.25, -0.2) is 0 Å². The zero-order chi connectivity index (χ0) is 17.1. The molecule has 0 aliphatic carbocycles. The molecular formula is C15H20ClF2N3O3S. The monoisotopic (exact) mass is 395 g/mol. The van der Waals surface area contributed by atoms with Crippen molar-refractivity contribution in [3.63, 3.8) is 0 Å². The number of halogens is 3. The molecule has 140 valence electrons. The highest BCUT2D eigenvalue weighted by Gasteiger charge is 2.33. The first-order valence-corrected chi connectivity index (χ1v) is 8.76. The number of rotatable bonds is 4. The third kappa shape index (κ3) is 4.59. The van der Waals surface area contributed by atoms with Gasteiger partial charge in [-0.15, -0.1) is 23.7 Å². The van der Waals surface area contributed by atoms with Crippen LogP contribution < -0.4 is 10.1 Å². The summed E-state index contributed by atoms with van der Waals surface area (Å²) in [5, 5.41) is 4.59. The number of nitrogens with zero attached hydrogens (tertiary/aromatic N) is 2. The van der Waals surface area contributed by atoms with Crippen molar-refractivity contribution in [2.24, 2.45) is 0 Å². The van der Waals surface area contributed by atoms with Crippen LogP contribution in [0, 0.1) is 0 Å². The zero-order valence-corrected chi connectivity index (χ0v) is 15.1. The van der Waals surface area contributed by atoms with Gasteiger partial charge in [0, 0.05) is 32.2 Å². The van der Waals surface area contributed by atoms with Gasteiger partial charge < -0.3 is 19.9 Å². The number of carbonyl (C=O) groups excluding carboxylic acids is 2. The van der Waals surface area contributed by atoms with Crippen LogP contribution in [-0.4, -0.2) is 67.0 Å². The van der Waals surface area contributed by atoms with Crippen LogP contribution in [0.3, 0.4) is 0 Å². The van der Waals surface area contributed by atoms with Crippen LogP contribution in [0.1, 0.15) is 22.5 Å². The summed E-state index contributed by atoms with van der Waals surface area (Å²) in [4.78, 5) is 28.3. The molecule has 0 radical (unpaired) electrons. The molecule has 1 atom stereocenters. The van der Waals surface area contributed by atoms with Crippen LogP contribution in [0.25, 0.3) is 0 Å². The summed E-state index contributed by atoms with van der Waals surface area (Å²) in [6, 6.07) is 1.36. The van der Waals surface area contributed by atoms with Crippen molar-refractivity contribution >= 4 is 35.6 Å². The minimum absolute atomic E-state index is 0. The Morgan fingerprint density at radius 2 is 2.20 bits per heavy atom. The van der Waals surface area contributed by atoms with Crippen molar-refractivity contribution in [3.8, 4) is 5.75 Å². The molecule has 6 nitrogen and oxygen atoms in total. The van der Waals surface area contributed by atoms with Gasteiger partial charge in [0.25, 0.3) is 5.91 Å². The van der Waals surface area contributed by atoms with Gasteiger partial charge in [0.15, 0.2) is 0 Å². The molecule has 3 heterocycles. The molecular weight excluding hydrogens is 376 g/mol. The molecule has 2 amide bonds. The van der Waals surface area contributed by atoms with Crippen LogP contribution >= 0.6 is 23.7 Å². The van der Waals surface area contributed by atoms with E-state index in [2.05, 4.69) is 10.1 Å². The Hall–Kier alpha value is -1.45. The predicted molar refractivity (Wildman–Crippen MR) is 91.7 cm³/mol. The number of piperazine rings is 1. The molecule has 25 heavy (non-hydrogen) atoms. The minimum Gasteiger partial charge on any atom is -0.433 e. The van der Waals surface area contributed by atoms with Crippen molar-refractivity contribution in [1.29, 1.82) is 0 Å². The third-order valence-corrected chi connectivity index (χ3v) is 5.17. The highest BCUT2D eigenvalue weighted by Crippen LogP contribution is 2.29. The maximum atomic E-state index is 12.7. The second kappa shape index (κ2) is 8.77. The average Bonchev–Trinajstić information content (AvgIpc) is 3.02. The van der Waals surface area contributed by atoms with Gasteiger partial charge in [-0.05, 0) is 24.3 Å². The number of nitrogens with one attached hydrogen (secondary N) is 1. The Bertz CT molecular complexity index is 617.